The number of nitrogens with zero attached hydrogens (tertiary/aromatic N) is 3. The van der Waals surface area contributed by atoms with Crippen LogP contribution in [0.2, 0.25) is 0 Å². The lowest BCUT2D eigenvalue weighted by Crippen LogP contribution is -2.36. The fourth-order valence-corrected chi connectivity index (χ4v) is 3.70. The monoisotopic (exact) mass is 378 g/mol. The van der Waals surface area contributed by atoms with Crippen molar-refractivity contribution in [2.24, 2.45) is 5.92 Å². The fourth-order valence-electron chi connectivity index (χ4n) is 3.70. The van der Waals surface area contributed by atoms with Crippen LogP contribution < -0.4 is 5.73 Å². The number of rotatable bonds is 4. The van der Waals surface area contributed by atoms with Gasteiger partial charge in [-0.15, -0.1) is 0 Å². The highest BCUT2D eigenvalue weighted by atomic mass is 16.8. The lowest BCUT2D eigenvalue weighted by Gasteiger charge is -2.22. The molecule has 146 valence electrons. The molecule has 27 heavy (non-hydrogen) atoms. The first-order valence-electron chi connectivity index (χ1n) is 8.70. The molecule has 10 nitrogen and oxygen atoms in total. The Kier molecular flexibility index (Phi) is 3.85. The average Bonchev–Trinajstić information content (AvgIpc) is 2.94. The topological polar surface area (TPSA) is 141 Å². The summed E-state index contributed by atoms with van der Waals surface area (Å²) in [6.07, 6.45) is -2.84. The van der Waals surface area contributed by atoms with E-state index in [4.69, 9.17) is 19.9 Å². The molecule has 1 aliphatic heterocycles. The van der Waals surface area contributed by atoms with Crippen molar-refractivity contribution in [3.8, 4) is 0 Å². The number of carbonyl (C=O) groups excluding carboxylic acids is 1. The molecule has 2 aromatic rings. The Morgan fingerprint density at radius 2 is 2.22 bits per heavy atom. The Morgan fingerprint density at radius 3 is 2.85 bits per heavy atom. The highest BCUT2D eigenvalue weighted by Crippen LogP contribution is 2.64. The molecule has 4 rings (SSSR count). The molecule has 4 N–H and O–H groups in total. The standard InChI is InChI=1S/C17H22N4O6/c1-8(2)6-25-15(23)26-14-16(3)17(14,24)12(22)11(27-16)9-4-5-10-13(18)19-7-20-21(9)10/h4-5,7-8,11-12,14,22,24H,6H2,1-3H3,(H2,18,19,20)/t11-,12-,14?,16+,17+/m0/s1. The first-order chi connectivity index (χ1) is 12.7. The molecule has 5 atom stereocenters. The number of carbonyl (C=O) groups is 1. The Hall–Kier alpha value is -2.43. The van der Waals surface area contributed by atoms with Crippen LogP contribution in [0, 0.1) is 5.92 Å². The van der Waals surface area contributed by atoms with Gasteiger partial charge < -0.3 is 30.2 Å². The second-order valence-electron chi connectivity index (χ2n) is 7.57. The van der Waals surface area contributed by atoms with Gasteiger partial charge in [0.2, 0.25) is 0 Å². The molecule has 10 heteroatoms. The SMILES string of the molecule is CC(C)COC(=O)OC1[C@@]2(C)O[C@@H](c3ccc4c(N)ncnn34)[C@H](O)[C@@]12O. The van der Waals surface area contributed by atoms with E-state index in [-0.39, 0.29) is 18.3 Å². The second-order valence-corrected chi connectivity index (χ2v) is 7.57. The Labute approximate surface area is 154 Å². The van der Waals surface area contributed by atoms with Crippen LogP contribution in [0.25, 0.3) is 5.52 Å². The smallest absolute Gasteiger partial charge is 0.434 e. The van der Waals surface area contributed by atoms with Gasteiger partial charge in [-0.1, -0.05) is 13.8 Å². The number of anilines is 1. The van der Waals surface area contributed by atoms with Crippen molar-refractivity contribution in [3.63, 3.8) is 0 Å². The van der Waals surface area contributed by atoms with Gasteiger partial charge in [-0.3, -0.25) is 0 Å². The van der Waals surface area contributed by atoms with Crippen LogP contribution in [0.3, 0.4) is 0 Å². The number of ether oxygens (including phenoxy) is 3. The Balaban J connectivity index is 1.54. The summed E-state index contributed by atoms with van der Waals surface area (Å²) in [4.78, 5) is 15.7. The van der Waals surface area contributed by atoms with Gasteiger partial charge in [0.25, 0.3) is 0 Å². The van der Waals surface area contributed by atoms with E-state index in [0.717, 1.165) is 0 Å². The van der Waals surface area contributed by atoms with Gasteiger partial charge in [0.1, 0.15) is 29.7 Å². The number of nitrogen functional groups attached to an aromatic ring is 1. The summed E-state index contributed by atoms with van der Waals surface area (Å²) >= 11 is 0. The van der Waals surface area contributed by atoms with Gasteiger partial charge in [0.05, 0.1) is 12.3 Å². The number of hydrogen-bond acceptors (Lipinski definition) is 9. The van der Waals surface area contributed by atoms with Crippen molar-refractivity contribution < 1.29 is 29.2 Å². The van der Waals surface area contributed by atoms with Crippen LogP contribution in [-0.4, -0.2) is 61.0 Å². The highest BCUT2D eigenvalue weighted by Gasteiger charge is 2.87. The number of hydrogen-bond donors (Lipinski definition) is 3. The molecule has 0 spiro atoms. The number of aliphatic hydroxyl groups excluding tert-OH is 1. The summed E-state index contributed by atoms with van der Waals surface area (Å²) in [7, 11) is 0. The van der Waals surface area contributed by atoms with E-state index in [1.807, 2.05) is 13.8 Å². The zero-order chi connectivity index (χ0) is 19.6. The minimum Gasteiger partial charge on any atom is -0.434 e. The zero-order valence-corrected chi connectivity index (χ0v) is 15.2. The third kappa shape index (κ3) is 2.40. The fraction of sp³-hybridized carbons (Fsp3) is 0.588. The van der Waals surface area contributed by atoms with Crippen molar-refractivity contribution in [1.29, 1.82) is 0 Å². The number of aromatic nitrogens is 3. The van der Waals surface area contributed by atoms with Crippen LogP contribution in [0.5, 0.6) is 0 Å². The zero-order valence-electron chi connectivity index (χ0n) is 15.2. The van der Waals surface area contributed by atoms with Gasteiger partial charge in [-0.05, 0) is 25.0 Å². The number of aliphatic hydroxyl groups is 2. The van der Waals surface area contributed by atoms with Gasteiger partial charge in [-0.2, -0.15) is 5.10 Å². The lowest BCUT2D eigenvalue weighted by atomic mass is 10.0. The molecule has 2 aromatic heterocycles. The molecule has 0 radical (unpaired) electrons. The number of fused-ring (bicyclic) bond motifs is 2. The van der Waals surface area contributed by atoms with Crippen molar-refractivity contribution in [2.45, 2.75) is 50.3 Å². The first-order valence-corrected chi connectivity index (χ1v) is 8.70. The van der Waals surface area contributed by atoms with Crippen molar-refractivity contribution >= 4 is 17.5 Å². The molecule has 2 fully saturated rings. The maximum absolute atomic E-state index is 11.8. The molecule has 0 bridgehead atoms. The van der Waals surface area contributed by atoms with Gasteiger partial charge >= 0.3 is 6.16 Å². The van der Waals surface area contributed by atoms with Crippen LogP contribution in [-0.2, 0) is 14.2 Å². The van der Waals surface area contributed by atoms with Crippen LogP contribution in [0.15, 0.2) is 18.5 Å². The second kappa shape index (κ2) is 5.78. The quantitative estimate of drug-likeness (QED) is 0.645. The van der Waals surface area contributed by atoms with Crippen LogP contribution in [0.4, 0.5) is 10.6 Å². The van der Waals surface area contributed by atoms with E-state index in [1.54, 1.807) is 19.1 Å². The maximum atomic E-state index is 11.8. The highest BCUT2D eigenvalue weighted by molar-refractivity contribution is 5.66. The molecule has 0 amide bonds. The van der Waals surface area contributed by atoms with E-state index >= 15 is 0 Å². The third-order valence-electron chi connectivity index (χ3n) is 5.27. The summed E-state index contributed by atoms with van der Waals surface area (Å²) < 4.78 is 17.6. The van der Waals surface area contributed by atoms with Crippen LogP contribution >= 0.6 is 0 Å². The summed E-state index contributed by atoms with van der Waals surface area (Å²) in [5, 5.41) is 25.8. The van der Waals surface area contributed by atoms with E-state index in [1.165, 1.54) is 10.8 Å². The molecular formula is C17H22N4O6. The minimum atomic E-state index is -1.74. The summed E-state index contributed by atoms with van der Waals surface area (Å²) in [5.74, 6) is 0.436. The van der Waals surface area contributed by atoms with E-state index in [9.17, 15) is 15.0 Å². The molecule has 1 saturated carbocycles. The van der Waals surface area contributed by atoms with Crippen molar-refractivity contribution in [1.82, 2.24) is 14.6 Å². The number of nitrogens with two attached hydrogens (primary N) is 1. The molecule has 2 aliphatic rings. The summed E-state index contributed by atoms with van der Waals surface area (Å²) in [5.41, 5.74) is 3.90. The predicted molar refractivity (Wildman–Crippen MR) is 91.6 cm³/mol. The van der Waals surface area contributed by atoms with Gasteiger partial charge in [0, 0.05) is 0 Å². The molecular weight excluding hydrogens is 356 g/mol. The molecule has 1 saturated heterocycles. The molecule has 0 aromatic carbocycles. The molecule has 3 heterocycles. The molecule has 1 unspecified atom stereocenters. The van der Waals surface area contributed by atoms with Crippen molar-refractivity contribution in [3.05, 3.63) is 24.2 Å². The Morgan fingerprint density at radius 1 is 1.48 bits per heavy atom. The van der Waals surface area contributed by atoms with E-state index < -0.39 is 35.7 Å². The van der Waals surface area contributed by atoms with Gasteiger partial charge in [-0.25, -0.2) is 14.3 Å². The van der Waals surface area contributed by atoms with E-state index in [0.29, 0.717) is 11.2 Å². The molecule has 1 aliphatic carbocycles. The summed E-state index contributed by atoms with van der Waals surface area (Å²) in [6.45, 7) is 5.56. The lowest BCUT2D eigenvalue weighted by molar-refractivity contribution is -0.0914. The minimum absolute atomic E-state index is 0.151. The Bertz CT molecular complexity index is 901. The normalized spacial score (nSPS) is 34.7. The van der Waals surface area contributed by atoms with Gasteiger partial charge in [0.15, 0.2) is 17.5 Å². The summed E-state index contributed by atoms with van der Waals surface area (Å²) in [6, 6.07) is 3.40. The van der Waals surface area contributed by atoms with Crippen molar-refractivity contribution in [2.75, 3.05) is 12.3 Å². The predicted octanol–water partition coefficient (Wildman–Crippen LogP) is 0.425. The first kappa shape index (κ1) is 18.0. The maximum Gasteiger partial charge on any atom is 0.508 e. The third-order valence-corrected chi connectivity index (χ3v) is 5.27. The van der Waals surface area contributed by atoms with Crippen LogP contribution in [0.1, 0.15) is 32.6 Å². The van der Waals surface area contributed by atoms with E-state index in [2.05, 4.69) is 10.1 Å². The largest absolute Gasteiger partial charge is 0.508 e. The average molecular weight is 378 g/mol.